The van der Waals surface area contributed by atoms with Crippen LogP contribution < -0.4 is 0 Å². The maximum Gasteiger partial charge on any atom is 0.175 e. The zero-order valence-electron chi connectivity index (χ0n) is 7.66. The second kappa shape index (κ2) is 5.17. The van der Waals surface area contributed by atoms with Crippen molar-refractivity contribution in [1.82, 2.24) is 0 Å². The highest BCUT2D eigenvalue weighted by Crippen LogP contribution is 2.22. The Morgan fingerprint density at radius 3 is 2.00 bits per heavy atom. The Bertz CT molecular complexity index is 271. The minimum atomic E-state index is -1.24. The Morgan fingerprint density at radius 2 is 1.54 bits per heavy atom. The summed E-state index contributed by atoms with van der Waals surface area (Å²) in [4.78, 5) is -0.567. The Labute approximate surface area is 81.2 Å². The van der Waals surface area contributed by atoms with Crippen LogP contribution in [0.4, 0.5) is 13.2 Å². The summed E-state index contributed by atoms with van der Waals surface area (Å²) in [5, 5.41) is 0. The first-order valence-corrected chi connectivity index (χ1v) is 4.32. The van der Waals surface area contributed by atoms with E-state index in [4.69, 9.17) is 0 Å². The summed E-state index contributed by atoms with van der Waals surface area (Å²) in [6.45, 7) is 5.34. The van der Waals surface area contributed by atoms with Gasteiger partial charge in [0.2, 0.25) is 0 Å². The van der Waals surface area contributed by atoms with Crippen molar-refractivity contribution in [2.75, 3.05) is 0 Å². The fourth-order valence-corrected chi connectivity index (χ4v) is 0.996. The molecule has 0 N–H and O–H groups in total. The molecule has 0 amide bonds. The first kappa shape index (κ1) is 12.4. The minimum absolute atomic E-state index is 0.0499. The molecule has 0 heterocycles. The van der Waals surface area contributed by atoms with E-state index in [9.17, 15) is 13.2 Å². The van der Waals surface area contributed by atoms with Crippen LogP contribution in [0.15, 0.2) is 11.0 Å². The highest BCUT2D eigenvalue weighted by Gasteiger charge is 2.12. The van der Waals surface area contributed by atoms with Crippen LogP contribution in [0.2, 0.25) is 0 Å². The standard InChI is InChI=1S/C7H5F3S.C2H6/c1-3-2-4(8)6(10)7(11)5(3)9;1-2/h2,11H,1H3;1-2H3. The first-order chi connectivity index (χ1) is 6.04. The van der Waals surface area contributed by atoms with Gasteiger partial charge in [0.15, 0.2) is 11.6 Å². The molecule has 0 radical (unpaired) electrons. The summed E-state index contributed by atoms with van der Waals surface area (Å²) in [5.74, 6) is -3.13. The number of aryl methyl sites for hydroxylation is 1. The average molecular weight is 208 g/mol. The van der Waals surface area contributed by atoms with E-state index in [1.807, 2.05) is 13.8 Å². The summed E-state index contributed by atoms with van der Waals surface area (Å²) in [7, 11) is 0. The van der Waals surface area contributed by atoms with E-state index >= 15 is 0 Å². The normalized spacial score (nSPS) is 9.15. The molecule has 74 valence electrons. The number of halogens is 3. The SMILES string of the molecule is CC.Cc1cc(F)c(F)c(S)c1F. The second-order valence-corrected chi connectivity index (χ2v) is 2.60. The van der Waals surface area contributed by atoms with Gasteiger partial charge in [-0.15, -0.1) is 12.6 Å². The van der Waals surface area contributed by atoms with Crippen LogP contribution in [0.5, 0.6) is 0 Å². The molecule has 0 aliphatic rings. The van der Waals surface area contributed by atoms with Gasteiger partial charge in [0.25, 0.3) is 0 Å². The predicted octanol–water partition coefficient (Wildman–Crippen LogP) is 3.73. The molecule has 1 aromatic carbocycles. The lowest BCUT2D eigenvalue weighted by molar-refractivity contribution is 0.464. The average Bonchev–Trinajstić information content (AvgIpc) is 2.15. The van der Waals surface area contributed by atoms with Crippen LogP contribution in [0.3, 0.4) is 0 Å². The molecule has 0 atom stereocenters. The lowest BCUT2D eigenvalue weighted by Gasteiger charge is -2.01. The molecule has 0 bridgehead atoms. The Balaban J connectivity index is 0.000000671. The summed E-state index contributed by atoms with van der Waals surface area (Å²) in [6, 6.07) is 0.796. The summed E-state index contributed by atoms with van der Waals surface area (Å²) < 4.78 is 37.6. The van der Waals surface area contributed by atoms with Crippen LogP contribution in [-0.2, 0) is 0 Å². The third kappa shape index (κ3) is 2.66. The summed E-state index contributed by atoms with van der Waals surface area (Å²) >= 11 is 3.46. The summed E-state index contributed by atoms with van der Waals surface area (Å²) in [5.41, 5.74) is 0.0499. The van der Waals surface area contributed by atoms with Crippen molar-refractivity contribution < 1.29 is 13.2 Å². The van der Waals surface area contributed by atoms with Crippen LogP contribution in [-0.4, -0.2) is 0 Å². The third-order valence-corrected chi connectivity index (χ3v) is 1.71. The van der Waals surface area contributed by atoms with Gasteiger partial charge >= 0.3 is 0 Å². The number of hydrogen-bond donors (Lipinski definition) is 1. The maximum absolute atomic E-state index is 12.7. The van der Waals surface area contributed by atoms with Crippen LogP contribution in [0.1, 0.15) is 19.4 Å². The van der Waals surface area contributed by atoms with E-state index in [0.29, 0.717) is 0 Å². The monoisotopic (exact) mass is 208 g/mol. The largest absolute Gasteiger partial charge is 0.205 e. The van der Waals surface area contributed by atoms with Crippen molar-refractivity contribution in [3.8, 4) is 0 Å². The lowest BCUT2D eigenvalue weighted by Crippen LogP contribution is -1.93. The smallest absolute Gasteiger partial charge is 0.175 e. The fourth-order valence-electron chi connectivity index (χ4n) is 0.713. The molecule has 0 aliphatic heterocycles. The quantitative estimate of drug-likeness (QED) is 0.487. The van der Waals surface area contributed by atoms with Gasteiger partial charge in [-0.05, 0) is 18.6 Å². The topological polar surface area (TPSA) is 0 Å². The first-order valence-electron chi connectivity index (χ1n) is 3.87. The zero-order chi connectivity index (χ0) is 10.6. The zero-order valence-corrected chi connectivity index (χ0v) is 8.55. The van der Waals surface area contributed by atoms with Gasteiger partial charge < -0.3 is 0 Å². The molecule has 0 aliphatic carbocycles. The molecule has 1 aromatic rings. The number of thiol groups is 1. The second-order valence-electron chi connectivity index (χ2n) is 2.15. The molecule has 4 heteroatoms. The van der Waals surface area contributed by atoms with Crippen molar-refractivity contribution in [2.45, 2.75) is 25.7 Å². The van der Waals surface area contributed by atoms with Crippen molar-refractivity contribution >= 4 is 12.6 Å². The molecule has 0 saturated heterocycles. The van der Waals surface area contributed by atoms with E-state index in [1.54, 1.807) is 0 Å². The Hall–Kier alpha value is -0.640. The molecular weight excluding hydrogens is 197 g/mol. The van der Waals surface area contributed by atoms with Crippen LogP contribution >= 0.6 is 12.6 Å². The van der Waals surface area contributed by atoms with Crippen molar-refractivity contribution in [1.29, 1.82) is 0 Å². The molecule has 0 unspecified atom stereocenters. The number of rotatable bonds is 0. The van der Waals surface area contributed by atoms with E-state index in [2.05, 4.69) is 12.6 Å². The van der Waals surface area contributed by atoms with Crippen molar-refractivity contribution in [2.24, 2.45) is 0 Å². The molecule has 0 nitrogen and oxygen atoms in total. The van der Waals surface area contributed by atoms with E-state index < -0.39 is 22.3 Å². The van der Waals surface area contributed by atoms with E-state index in [1.165, 1.54) is 6.92 Å². The minimum Gasteiger partial charge on any atom is -0.205 e. The highest BCUT2D eigenvalue weighted by molar-refractivity contribution is 7.80. The van der Waals surface area contributed by atoms with Gasteiger partial charge in [0, 0.05) is 0 Å². The maximum atomic E-state index is 12.7. The van der Waals surface area contributed by atoms with Gasteiger partial charge in [-0.2, -0.15) is 0 Å². The third-order valence-electron chi connectivity index (χ3n) is 1.31. The Morgan fingerprint density at radius 1 is 1.08 bits per heavy atom. The molecule has 13 heavy (non-hydrogen) atoms. The van der Waals surface area contributed by atoms with Gasteiger partial charge in [0.05, 0.1) is 4.90 Å². The molecule has 0 fully saturated rings. The fraction of sp³-hybridized carbons (Fsp3) is 0.333. The molecular formula is C9H11F3S. The van der Waals surface area contributed by atoms with Gasteiger partial charge in [-0.1, -0.05) is 13.8 Å². The predicted molar refractivity (Wildman–Crippen MR) is 49.7 cm³/mol. The van der Waals surface area contributed by atoms with Crippen LogP contribution in [0, 0.1) is 24.4 Å². The van der Waals surface area contributed by atoms with Gasteiger partial charge in [-0.3, -0.25) is 0 Å². The Kier molecular flexibility index (Phi) is 4.91. The lowest BCUT2D eigenvalue weighted by atomic mass is 10.2. The molecule has 1 rings (SSSR count). The molecule has 0 saturated carbocycles. The highest BCUT2D eigenvalue weighted by atomic mass is 32.1. The summed E-state index contributed by atoms with van der Waals surface area (Å²) in [6.07, 6.45) is 0. The number of benzene rings is 1. The van der Waals surface area contributed by atoms with Crippen LogP contribution in [0.25, 0.3) is 0 Å². The molecule has 0 aromatic heterocycles. The van der Waals surface area contributed by atoms with Crippen molar-refractivity contribution in [3.05, 3.63) is 29.1 Å². The van der Waals surface area contributed by atoms with Gasteiger partial charge in [0.1, 0.15) is 5.82 Å². The number of hydrogen-bond acceptors (Lipinski definition) is 1. The van der Waals surface area contributed by atoms with Gasteiger partial charge in [-0.25, -0.2) is 13.2 Å². The van der Waals surface area contributed by atoms with E-state index in [-0.39, 0.29) is 5.56 Å². The van der Waals surface area contributed by atoms with E-state index in [0.717, 1.165) is 6.07 Å². The van der Waals surface area contributed by atoms with Crippen molar-refractivity contribution in [3.63, 3.8) is 0 Å². The molecule has 0 spiro atoms.